The first-order valence-electron chi connectivity index (χ1n) is 13.3. The molecule has 1 unspecified atom stereocenters. The molecule has 1 saturated heterocycles. The highest BCUT2D eigenvalue weighted by Gasteiger charge is 2.30. The normalized spacial score (nSPS) is 14.2. The van der Waals surface area contributed by atoms with E-state index in [2.05, 4.69) is 5.32 Å². The number of hydrogen-bond acceptors (Lipinski definition) is 7. The highest BCUT2D eigenvalue weighted by Crippen LogP contribution is 2.23. The molecule has 216 valence electrons. The van der Waals surface area contributed by atoms with Gasteiger partial charge >= 0.3 is 6.09 Å². The van der Waals surface area contributed by atoms with Crippen LogP contribution in [0.1, 0.15) is 45.2 Å². The molecule has 0 spiro atoms. The van der Waals surface area contributed by atoms with Crippen LogP contribution >= 0.6 is 0 Å². The lowest BCUT2D eigenvalue weighted by molar-refractivity contribution is -0.139. The van der Waals surface area contributed by atoms with Gasteiger partial charge in [-0.25, -0.2) is 10.3 Å². The van der Waals surface area contributed by atoms with E-state index in [4.69, 9.17) is 14.7 Å². The molecule has 2 aromatic rings. The van der Waals surface area contributed by atoms with Gasteiger partial charge < -0.3 is 24.6 Å². The van der Waals surface area contributed by atoms with Gasteiger partial charge in [-0.05, 0) is 62.6 Å². The van der Waals surface area contributed by atoms with Crippen LogP contribution in [0, 0.1) is 0 Å². The van der Waals surface area contributed by atoms with Crippen LogP contribution in [0.25, 0.3) is 0 Å². The molecule has 1 aliphatic heterocycles. The third-order valence-electron chi connectivity index (χ3n) is 6.31. The Bertz CT molecular complexity index is 1170. The maximum atomic E-state index is 13.4. The fraction of sp³-hybridized carbons (Fsp3) is 0.448. The van der Waals surface area contributed by atoms with Gasteiger partial charge in [-0.2, -0.15) is 0 Å². The lowest BCUT2D eigenvalue weighted by Gasteiger charge is -2.36. The lowest BCUT2D eigenvalue weighted by atomic mass is 10.0. The van der Waals surface area contributed by atoms with Crippen molar-refractivity contribution in [2.24, 2.45) is 0 Å². The smallest absolute Gasteiger partial charge is 0.408 e. The van der Waals surface area contributed by atoms with E-state index < -0.39 is 23.6 Å². The minimum absolute atomic E-state index is 0.0270. The van der Waals surface area contributed by atoms with Gasteiger partial charge in [-0.3, -0.25) is 19.6 Å². The number of nitrogens with one attached hydrogen (secondary N) is 2. The van der Waals surface area contributed by atoms with Crippen LogP contribution in [-0.4, -0.2) is 76.6 Å². The summed E-state index contributed by atoms with van der Waals surface area (Å²) in [5.74, 6) is 0.514. The Labute approximate surface area is 234 Å². The van der Waals surface area contributed by atoms with Crippen molar-refractivity contribution in [2.75, 3.05) is 26.2 Å². The number of nitrogens with zero attached hydrogens (tertiary/aromatic N) is 2. The summed E-state index contributed by atoms with van der Waals surface area (Å²) in [4.78, 5) is 52.2. The van der Waals surface area contributed by atoms with Gasteiger partial charge in [0.2, 0.25) is 17.7 Å². The van der Waals surface area contributed by atoms with Crippen molar-refractivity contribution in [1.29, 1.82) is 0 Å². The largest absolute Gasteiger partial charge is 0.457 e. The second-order valence-corrected chi connectivity index (χ2v) is 10.7. The fourth-order valence-corrected chi connectivity index (χ4v) is 4.22. The molecule has 4 amide bonds. The number of rotatable bonds is 9. The molecule has 0 aromatic heterocycles. The average molecular weight is 555 g/mol. The first kappa shape index (κ1) is 30.4. The van der Waals surface area contributed by atoms with E-state index >= 15 is 0 Å². The molecule has 2 aromatic carbocycles. The molecule has 11 nitrogen and oxygen atoms in total. The van der Waals surface area contributed by atoms with Gasteiger partial charge in [-0.1, -0.05) is 24.3 Å². The van der Waals surface area contributed by atoms with Crippen molar-refractivity contribution < 1.29 is 33.9 Å². The number of amides is 4. The summed E-state index contributed by atoms with van der Waals surface area (Å²) in [6.45, 7) is 8.47. The summed E-state index contributed by atoms with van der Waals surface area (Å²) in [5.41, 5.74) is 2.66. The second-order valence-electron chi connectivity index (χ2n) is 10.7. The molecule has 0 saturated carbocycles. The Morgan fingerprint density at radius 1 is 0.875 bits per heavy atom. The monoisotopic (exact) mass is 554 g/mol. The number of ether oxygens (including phenoxy) is 2. The molecule has 0 radical (unpaired) electrons. The van der Waals surface area contributed by atoms with E-state index in [9.17, 15) is 19.2 Å². The second kappa shape index (κ2) is 13.8. The number of piperazine rings is 1. The van der Waals surface area contributed by atoms with Gasteiger partial charge in [0.25, 0.3) is 0 Å². The molecule has 3 N–H and O–H groups in total. The number of carbonyl (C=O) groups excluding carboxylic acids is 4. The van der Waals surface area contributed by atoms with E-state index in [1.165, 1.54) is 6.92 Å². The highest BCUT2D eigenvalue weighted by molar-refractivity contribution is 5.86. The zero-order valence-corrected chi connectivity index (χ0v) is 23.4. The minimum Gasteiger partial charge on any atom is -0.457 e. The van der Waals surface area contributed by atoms with Crippen molar-refractivity contribution in [3.05, 3.63) is 59.7 Å². The van der Waals surface area contributed by atoms with Crippen LogP contribution in [0.2, 0.25) is 0 Å². The topological polar surface area (TPSA) is 138 Å². The Balaban J connectivity index is 1.64. The van der Waals surface area contributed by atoms with Crippen LogP contribution in [0.4, 0.5) is 4.79 Å². The lowest BCUT2D eigenvalue weighted by Crippen LogP contribution is -2.56. The fourth-order valence-electron chi connectivity index (χ4n) is 4.22. The minimum atomic E-state index is -0.842. The number of alkyl carbamates (subject to hydrolysis) is 1. The van der Waals surface area contributed by atoms with Gasteiger partial charge in [0, 0.05) is 45.9 Å². The number of hydroxylamine groups is 1. The van der Waals surface area contributed by atoms with Gasteiger partial charge in [0.1, 0.15) is 23.1 Å². The van der Waals surface area contributed by atoms with E-state index in [0.29, 0.717) is 44.1 Å². The van der Waals surface area contributed by atoms with Crippen molar-refractivity contribution >= 4 is 23.8 Å². The predicted octanol–water partition coefficient (Wildman–Crippen LogP) is 3.04. The SMILES string of the molecule is CC(=O)N1CCN(C(=O)C(Cc2ccc(Oc3ccc(CCC(=O)NO)cc3)cc2)NC(=O)OC(C)(C)C)CC1. The van der Waals surface area contributed by atoms with E-state index in [1.807, 2.05) is 24.3 Å². The average Bonchev–Trinajstić information content (AvgIpc) is 2.91. The van der Waals surface area contributed by atoms with Crippen molar-refractivity contribution in [3.8, 4) is 11.5 Å². The Kier molecular flexibility index (Phi) is 10.5. The third-order valence-corrected chi connectivity index (χ3v) is 6.31. The van der Waals surface area contributed by atoms with E-state index in [0.717, 1.165) is 11.1 Å². The van der Waals surface area contributed by atoms with Crippen molar-refractivity contribution in [3.63, 3.8) is 0 Å². The molecule has 40 heavy (non-hydrogen) atoms. The predicted molar refractivity (Wildman–Crippen MR) is 147 cm³/mol. The van der Waals surface area contributed by atoms with E-state index in [1.54, 1.807) is 60.3 Å². The molecular formula is C29H38N4O7. The molecule has 1 aliphatic rings. The van der Waals surface area contributed by atoms with Gasteiger partial charge in [-0.15, -0.1) is 0 Å². The molecule has 11 heteroatoms. The van der Waals surface area contributed by atoms with Crippen LogP contribution < -0.4 is 15.5 Å². The first-order chi connectivity index (χ1) is 18.9. The maximum absolute atomic E-state index is 13.4. The van der Waals surface area contributed by atoms with Gasteiger partial charge in [0.05, 0.1) is 0 Å². The summed E-state index contributed by atoms with van der Waals surface area (Å²) in [6, 6.07) is 13.7. The molecule has 0 bridgehead atoms. The summed E-state index contributed by atoms with van der Waals surface area (Å²) in [7, 11) is 0. The Morgan fingerprint density at radius 2 is 1.40 bits per heavy atom. The highest BCUT2D eigenvalue weighted by atomic mass is 16.6. The van der Waals surface area contributed by atoms with E-state index in [-0.39, 0.29) is 24.7 Å². The number of hydrogen-bond donors (Lipinski definition) is 3. The van der Waals surface area contributed by atoms with Gasteiger partial charge in [0.15, 0.2) is 0 Å². The number of aryl methyl sites for hydroxylation is 1. The molecule has 1 fully saturated rings. The quantitative estimate of drug-likeness (QED) is 0.320. The zero-order chi connectivity index (χ0) is 29.3. The van der Waals surface area contributed by atoms with Crippen LogP contribution in [-0.2, 0) is 32.0 Å². The molecular weight excluding hydrogens is 516 g/mol. The zero-order valence-electron chi connectivity index (χ0n) is 23.4. The molecule has 3 rings (SSSR count). The van der Waals surface area contributed by atoms with Crippen LogP contribution in [0.5, 0.6) is 11.5 Å². The number of benzene rings is 2. The Hall–Kier alpha value is -4.12. The first-order valence-corrected chi connectivity index (χ1v) is 13.3. The van der Waals surface area contributed by atoms with Crippen molar-refractivity contribution in [2.45, 2.75) is 58.6 Å². The summed E-state index contributed by atoms with van der Waals surface area (Å²) in [6.07, 6.45) is 0.250. The third kappa shape index (κ3) is 9.57. The molecule has 1 heterocycles. The van der Waals surface area contributed by atoms with Crippen molar-refractivity contribution in [1.82, 2.24) is 20.6 Å². The number of carbonyl (C=O) groups is 4. The molecule has 1 atom stereocenters. The maximum Gasteiger partial charge on any atom is 0.408 e. The summed E-state index contributed by atoms with van der Waals surface area (Å²) < 4.78 is 11.3. The molecule has 0 aliphatic carbocycles. The standard InChI is InChI=1S/C29H38N4O7/c1-20(34)32-15-17-33(18-16-32)27(36)25(30-28(37)40-29(2,3)4)19-22-7-12-24(13-8-22)39-23-10-5-21(6-11-23)9-14-26(35)31-38/h5-8,10-13,25,38H,9,14-19H2,1-4H3,(H,30,37)(H,31,35). The van der Waals surface area contributed by atoms with Crippen LogP contribution in [0.3, 0.4) is 0 Å². The Morgan fingerprint density at radius 3 is 1.90 bits per heavy atom. The summed E-state index contributed by atoms with van der Waals surface area (Å²) >= 11 is 0. The summed E-state index contributed by atoms with van der Waals surface area (Å²) in [5, 5.41) is 11.3. The van der Waals surface area contributed by atoms with Crippen LogP contribution in [0.15, 0.2) is 48.5 Å².